The first kappa shape index (κ1) is 21.6. The molecule has 0 aliphatic heterocycles. The highest BCUT2D eigenvalue weighted by Crippen LogP contribution is 2.33. The lowest BCUT2D eigenvalue weighted by molar-refractivity contribution is 0.818. The Morgan fingerprint density at radius 1 is 0.552 bits per heavy atom. The van der Waals surface area contributed by atoms with Crippen molar-refractivity contribution in [2.24, 2.45) is 0 Å². The molecule has 3 aromatic rings. The summed E-state index contributed by atoms with van der Waals surface area (Å²) in [5.41, 5.74) is 9.62. The Morgan fingerprint density at radius 2 is 0.897 bits per heavy atom. The molecule has 0 unspecified atom stereocenters. The SMILES string of the molecule is Cc1c(C(C)C)cc(-c2ccc(-c3ccc([Si](C)(C)C)cc3)cc2)cc1C(C)C. The fraction of sp³-hybridized carbons (Fsp3) is 0.357. The molecule has 0 radical (unpaired) electrons. The fourth-order valence-corrected chi connectivity index (χ4v) is 5.31. The van der Waals surface area contributed by atoms with Crippen molar-refractivity contribution in [2.75, 3.05) is 0 Å². The molecule has 0 atom stereocenters. The van der Waals surface area contributed by atoms with Gasteiger partial charge in [0.25, 0.3) is 0 Å². The summed E-state index contributed by atoms with van der Waals surface area (Å²) in [7, 11) is -1.24. The van der Waals surface area contributed by atoms with Crippen LogP contribution in [0.1, 0.15) is 56.2 Å². The zero-order valence-electron chi connectivity index (χ0n) is 19.4. The van der Waals surface area contributed by atoms with Crippen LogP contribution in [0.4, 0.5) is 0 Å². The fourth-order valence-electron chi connectivity index (χ4n) is 4.14. The lowest BCUT2D eigenvalue weighted by atomic mass is 9.86. The quantitative estimate of drug-likeness (QED) is 0.379. The zero-order chi connectivity index (χ0) is 21.3. The van der Waals surface area contributed by atoms with E-state index in [4.69, 9.17) is 0 Å². The third-order valence-electron chi connectivity index (χ3n) is 6.03. The summed E-state index contributed by atoms with van der Waals surface area (Å²) < 4.78 is 0. The van der Waals surface area contributed by atoms with Crippen molar-refractivity contribution in [3.8, 4) is 22.3 Å². The molecule has 0 N–H and O–H groups in total. The Bertz CT molecular complexity index is 939. The van der Waals surface area contributed by atoms with Gasteiger partial charge in [-0.15, -0.1) is 0 Å². The molecule has 3 rings (SSSR count). The van der Waals surface area contributed by atoms with Gasteiger partial charge in [-0.2, -0.15) is 0 Å². The van der Waals surface area contributed by atoms with E-state index in [9.17, 15) is 0 Å². The van der Waals surface area contributed by atoms with Gasteiger partial charge in [-0.05, 0) is 57.7 Å². The largest absolute Gasteiger partial charge is 0.0775 e. The second-order valence-corrected chi connectivity index (χ2v) is 15.1. The third-order valence-corrected chi connectivity index (χ3v) is 8.10. The molecule has 0 bridgehead atoms. The minimum Gasteiger partial charge on any atom is -0.0656 e. The standard InChI is InChI=1S/C28H36Si/c1-19(2)27-17-25(18-28(20(3)4)21(27)5)24-11-9-22(10-12-24)23-13-15-26(16-14-23)29(6,7)8/h9-20H,1-8H3. The predicted molar refractivity (Wildman–Crippen MR) is 133 cm³/mol. The van der Waals surface area contributed by atoms with Gasteiger partial charge in [0.05, 0.1) is 8.07 Å². The molecule has 0 aromatic heterocycles. The topological polar surface area (TPSA) is 0 Å². The van der Waals surface area contributed by atoms with Crippen LogP contribution >= 0.6 is 0 Å². The first-order chi connectivity index (χ1) is 13.6. The minimum absolute atomic E-state index is 0.539. The van der Waals surface area contributed by atoms with Gasteiger partial charge in [-0.3, -0.25) is 0 Å². The smallest absolute Gasteiger partial charge is 0.0656 e. The Labute approximate surface area is 179 Å². The van der Waals surface area contributed by atoms with Crippen LogP contribution in [-0.2, 0) is 0 Å². The van der Waals surface area contributed by atoms with Gasteiger partial charge in [0.2, 0.25) is 0 Å². The Kier molecular flexibility index (Phi) is 6.19. The summed E-state index contributed by atoms with van der Waals surface area (Å²) in [6.07, 6.45) is 0. The van der Waals surface area contributed by atoms with Gasteiger partial charge in [0, 0.05) is 0 Å². The summed E-state index contributed by atoms with van der Waals surface area (Å²) in [5.74, 6) is 1.08. The Hall–Kier alpha value is -2.12. The maximum absolute atomic E-state index is 2.40. The van der Waals surface area contributed by atoms with Crippen LogP contribution in [-0.4, -0.2) is 8.07 Å². The van der Waals surface area contributed by atoms with Crippen molar-refractivity contribution in [2.45, 2.75) is 66.1 Å². The van der Waals surface area contributed by atoms with Crippen LogP contribution in [0.15, 0.2) is 60.7 Å². The van der Waals surface area contributed by atoms with Crippen molar-refractivity contribution in [3.63, 3.8) is 0 Å². The first-order valence-electron chi connectivity index (χ1n) is 10.9. The van der Waals surface area contributed by atoms with Crippen LogP contribution in [0.5, 0.6) is 0 Å². The van der Waals surface area contributed by atoms with Gasteiger partial charge >= 0.3 is 0 Å². The number of hydrogen-bond acceptors (Lipinski definition) is 0. The van der Waals surface area contributed by atoms with Gasteiger partial charge in [-0.1, -0.05) is 113 Å². The monoisotopic (exact) mass is 400 g/mol. The van der Waals surface area contributed by atoms with Crippen LogP contribution in [0.25, 0.3) is 22.3 Å². The lowest BCUT2D eigenvalue weighted by Crippen LogP contribution is -2.37. The molecular weight excluding hydrogens is 364 g/mol. The van der Waals surface area contributed by atoms with E-state index in [1.54, 1.807) is 0 Å². The Balaban J connectivity index is 1.96. The summed E-state index contributed by atoms with van der Waals surface area (Å²) in [6, 6.07) is 23.1. The first-order valence-corrected chi connectivity index (χ1v) is 14.4. The molecule has 0 heterocycles. The van der Waals surface area contributed by atoms with Crippen LogP contribution < -0.4 is 5.19 Å². The second kappa shape index (κ2) is 8.32. The lowest BCUT2D eigenvalue weighted by Gasteiger charge is -2.19. The van der Waals surface area contributed by atoms with Crippen molar-refractivity contribution in [1.82, 2.24) is 0 Å². The molecule has 0 aliphatic rings. The van der Waals surface area contributed by atoms with Gasteiger partial charge in [0.15, 0.2) is 0 Å². The number of hydrogen-bond donors (Lipinski definition) is 0. The van der Waals surface area contributed by atoms with Crippen LogP contribution in [0, 0.1) is 6.92 Å². The molecule has 0 aliphatic carbocycles. The van der Waals surface area contributed by atoms with E-state index >= 15 is 0 Å². The van der Waals surface area contributed by atoms with E-state index in [1.165, 1.54) is 44.1 Å². The summed E-state index contributed by atoms with van der Waals surface area (Å²) >= 11 is 0. The molecule has 0 nitrogen and oxygen atoms in total. The van der Waals surface area contributed by atoms with Crippen molar-refractivity contribution in [3.05, 3.63) is 77.4 Å². The van der Waals surface area contributed by atoms with Gasteiger partial charge < -0.3 is 0 Å². The normalized spacial score (nSPS) is 12.1. The van der Waals surface area contributed by atoms with Gasteiger partial charge in [-0.25, -0.2) is 0 Å². The van der Waals surface area contributed by atoms with E-state index in [-0.39, 0.29) is 0 Å². The van der Waals surface area contributed by atoms with E-state index < -0.39 is 8.07 Å². The summed E-state index contributed by atoms with van der Waals surface area (Å²) in [6.45, 7) is 18.7. The predicted octanol–water partition coefficient (Wildman–Crippen LogP) is 8.12. The highest BCUT2D eigenvalue weighted by Gasteiger charge is 2.16. The maximum Gasteiger partial charge on any atom is 0.0775 e. The van der Waals surface area contributed by atoms with Crippen LogP contribution in [0.2, 0.25) is 19.6 Å². The number of benzene rings is 3. The van der Waals surface area contributed by atoms with Crippen molar-refractivity contribution < 1.29 is 0 Å². The molecule has 0 saturated heterocycles. The molecule has 0 spiro atoms. The highest BCUT2D eigenvalue weighted by atomic mass is 28.3. The molecule has 3 aromatic carbocycles. The zero-order valence-corrected chi connectivity index (χ0v) is 20.4. The molecule has 0 saturated carbocycles. The molecule has 1 heteroatoms. The molecule has 0 fully saturated rings. The van der Waals surface area contributed by atoms with Gasteiger partial charge in [0.1, 0.15) is 0 Å². The average molecular weight is 401 g/mol. The maximum atomic E-state index is 2.40. The molecule has 152 valence electrons. The van der Waals surface area contributed by atoms with Crippen LogP contribution in [0.3, 0.4) is 0 Å². The van der Waals surface area contributed by atoms with Crippen molar-refractivity contribution >= 4 is 13.3 Å². The molecular formula is C28H36Si. The molecule has 0 amide bonds. The highest BCUT2D eigenvalue weighted by molar-refractivity contribution is 6.88. The molecule has 29 heavy (non-hydrogen) atoms. The van der Waals surface area contributed by atoms with E-state index in [1.807, 2.05) is 0 Å². The number of rotatable bonds is 5. The summed E-state index contributed by atoms with van der Waals surface area (Å²) in [4.78, 5) is 0. The third kappa shape index (κ3) is 4.73. The second-order valence-electron chi connectivity index (χ2n) is 9.99. The van der Waals surface area contributed by atoms with Crippen molar-refractivity contribution in [1.29, 1.82) is 0 Å². The Morgan fingerprint density at radius 3 is 1.24 bits per heavy atom. The van der Waals surface area contributed by atoms with E-state index in [0.29, 0.717) is 11.8 Å². The average Bonchev–Trinajstić information content (AvgIpc) is 2.67. The minimum atomic E-state index is -1.24. The van der Waals surface area contributed by atoms with E-state index in [2.05, 4.69) is 115 Å². The van der Waals surface area contributed by atoms with E-state index in [0.717, 1.165) is 0 Å². The summed E-state index contributed by atoms with van der Waals surface area (Å²) in [5, 5.41) is 1.51.